The second-order valence-electron chi connectivity index (χ2n) is 7.17. The lowest BCUT2D eigenvalue weighted by Crippen LogP contribution is -2.38. The molecule has 0 aliphatic heterocycles. The Morgan fingerprint density at radius 3 is 2.10 bits per heavy atom. The first-order valence-electron chi connectivity index (χ1n) is 9.39. The number of hydrogen-bond acceptors (Lipinski definition) is 3. The van der Waals surface area contributed by atoms with Crippen molar-refractivity contribution in [3.63, 3.8) is 0 Å². The summed E-state index contributed by atoms with van der Waals surface area (Å²) in [5.74, 6) is -1.02. The van der Waals surface area contributed by atoms with Crippen molar-refractivity contribution in [1.82, 2.24) is 0 Å². The maximum absolute atomic E-state index is 13.3. The predicted octanol–water partition coefficient (Wildman–Crippen LogP) is 4.58. The van der Waals surface area contributed by atoms with Crippen LogP contribution in [-0.4, -0.2) is 20.9 Å². The molecule has 0 spiro atoms. The molecule has 0 bridgehead atoms. The first kappa shape index (κ1) is 21.5. The first-order valence-corrected chi connectivity index (χ1v) is 10.8. The van der Waals surface area contributed by atoms with Crippen LogP contribution in [0.2, 0.25) is 0 Å². The number of benzene rings is 3. The van der Waals surface area contributed by atoms with Crippen LogP contribution in [0.25, 0.3) is 0 Å². The molecule has 0 saturated carbocycles. The second-order valence-corrected chi connectivity index (χ2v) is 9.03. The molecule has 0 radical (unpaired) electrons. The molecule has 0 saturated heterocycles. The van der Waals surface area contributed by atoms with Crippen molar-refractivity contribution in [3.05, 3.63) is 89.2 Å². The smallest absolute Gasteiger partial charge is 0.264 e. The van der Waals surface area contributed by atoms with E-state index in [2.05, 4.69) is 5.32 Å². The average Bonchev–Trinajstić information content (AvgIpc) is 2.69. The van der Waals surface area contributed by atoms with E-state index in [1.807, 2.05) is 32.9 Å². The minimum atomic E-state index is -4.08. The molecule has 0 atom stereocenters. The highest BCUT2D eigenvalue weighted by atomic mass is 32.2. The van der Waals surface area contributed by atoms with Gasteiger partial charge < -0.3 is 5.32 Å². The van der Waals surface area contributed by atoms with Gasteiger partial charge in [0.15, 0.2) is 0 Å². The molecule has 0 aromatic heterocycles. The van der Waals surface area contributed by atoms with E-state index in [9.17, 15) is 17.6 Å². The summed E-state index contributed by atoms with van der Waals surface area (Å²) in [4.78, 5) is 12.7. The summed E-state index contributed by atoms with van der Waals surface area (Å²) >= 11 is 0. The molecule has 7 heteroatoms. The summed E-state index contributed by atoms with van der Waals surface area (Å²) in [5.41, 5.74) is 3.87. The van der Waals surface area contributed by atoms with Gasteiger partial charge in [0.1, 0.15) is 12.4 Å². The molecule has 0 fully saturated rings. The zero-order valence-corrected chi connectivity index (χ0v) is 17.8. The van der Waals surface area contributed by atoms with Crippen LogP contribution >= 0.6 is 0 Å². The summed E-state index contributed by atoms with van der Waals surface area (Å²) in [6.07, 6.45) is 0. The van der Waals surface area contributed by atoms with Crippen molar-refractivity contribution < 1.29 is 17.6 Å². The lowest BCUT2D eigenvalue weighted by Gasteiger charge is -2.24. The minimum Gasteiger partial charge on any atom is -0.324 e. The van der Waals surface area contributed by atoms with Gasteiger partial charge in [-0.05, 0) is 68.8 Å². The van der Waals surface area contributed by atoms with Crippen LogP contribution in [0.1, 0.15) is 16.7 Å². The highest BCUT2D eigenvalue weighted by molar-refractivity contribution is 7.92. The van der Waals surface area contributed by atoms with Crippen molar-refractivity contribution >= 4 is 27.3 Å². The molecule has 1 amide bonds. The number of aryl methyl sites for hydroxylation is 3. The number of halogens is 1. The van der Waals surface area contributed by atoms with Gasteiger partial charge in [0, 0.05) is 5.69 Å². The Morgan fingerprint density at radius 1 is 0.900 bits per heavy atom. The molecule has 3 aromatic rings. The summed E-state index contributed by atoms with van der Waals surface area (Å²) in [6.45, 7) is 5.29. The average molecular weight is 427 g/mol. The van der Waals surface area contributed by atoms with Gasteiger partial charge in [-0.15, -0.1) is 0 Å². The fourth-order valence-corrected chi connectivity index (χ4v) is 4.45. The van der Waals surface area contributed by atoms with Gasteiger partial charge >= 0.3 is 0 Å². The number of nitrogens with zero attached hydrogens (tertiary/aromatic N) is 1. The molecule has 0 heterocycles. The summed E-state index contributed by atoms with van der Waals surface area (Å²) in [7, 11) is -4.08. The van der Waals surface area contributed by atoms with Gasteiger partial charge in [0.25, 0.3) is 10.0 Å². The van der Waals surface area contributed by atoms with Crippen LogP contribution in [0.4, 0.5) is 15.8 Å². The quantitative estimate of drug-likeness (QED) is 0.627. The first-order chi connectivity index (χ1) is 14.2. The van der Waals surface area contributed by atoms with Crippen LogP contribution in [0.15, 0.2) is 71.6 Å². The number of carbonyl (C=O) groups excluding carboxylic acids is 1. The number of carbonyl (C=O) groups is 1. The Kier molecular flexibility index (Phi) is 6.22. The Labute approximate surface area is 176 Å². The highest BCUT2D eigenvalue weighted by Crippen LogP contribution is 2.25. The van der Waals surface area contributed by atoms with Crippen molar-refractivity contribution in [1.29, 1.82) is 0 Å². The lowest BCUT2D eigenvalue weighted by atomic mass is 10.1. The monoisotopic (exact) mass is 426 g/mol. The van der Waals surface area contributed by atoms with Crippen molar-refractivity contribution in [2.45, 2.75) is 25.7 Å². The third-order valence-electron chi connectivity index (χ3n) is 4.67. The number of rotatable bonds is 6. The van der Waals surface area contributed by atoms with E-state index in [4.69, 9.17) is 0 Å². The van der Waals surface area contributed by atoms with E-state index in [0.717, 1.165) is 33.1 Å². The third-order valence-corrected chi connectivity index (χ3v) is 6.45. The van der Waals surface area contributed by atoms with Gasteiger partial charge in [-0.25, -0.2) is 12.8 Å². The summed E-state index contributed by atoms with van der Waals surface area (Å²) in [5, 5.41) is 2.78. The Hall–Kier alpha value is -3.19. The molecule has 156 valence electrons. The van der Waals surface area contributed by atoms with E-state index >= 15 is 0 Å². The lowest BCUT2D eigenvalue weighted by molar-refractivity contribution is -0.114. The van der Waals surface area contributed by atoms with Gasteiger partial charge in [0.05, 0.1) is 10.6 Å². The van der Waals surface area contributed by atoms with Crippen molar-refractivity contribution in [3.8, 4) is 0 Å². The van der Waals surface area contributed by atoms with Gasteiger partial charge in [-0.3, -0.25) is 9.10 Å². The predicted molar refractivity (Wildman–Crippen MR) is 117 cm³/mol. The van der Waals surface area contributed by atoms with Crippen LogP contribution in [0.3, 0.4) is 0 Å². The zero-order chi connectivity index (χ0) is 21.9. The number of nitrogens with one attached hydrogen (secondary N) is 1. The van der Waals surface area contributed by atoms with E-state index in [1.165, 1.54) is 12.1 Å². The van der Waals surface area contributed by atoms with Crippen LogP contribution in [-0.2, 0) is 14.8 Å². The Morgan fingerprint density at radius 2 is 1.50 bits per heavy atom. The molecule has 30 heavy (non-hydrogen) atoms. The molecule has 5 nitrogen and oxygen atoms in total. The Balaban J connectivity index is 1.94. The topological polar surface area (TPSA) is 66.5 Å². The fourth-order valence-electron chi connectivity index (χ4n) is 3.03. The maximum Gasteiger partial charge on any atom is 0.264 e. The SMILES string of the molecule is Cc1ccc(N(CC(=O)Nc2ccc(C)cc2C)S(=O)(=O)c2ccc(F)cc2)cc1. The second kappa shape index (κ2) is 8.67. The van der Waals surface area contributed by atoms with Crippen LogP contribution in [0, 0.1) is 26.6 Å². The summed E-state index contributed by atoms with van der Waals surface area (Å²) < 4.78 is 40.8. The van der Waals surface area contributed by atoms with Gasteiger partial charge in [0.2, 0.25) is 5.91 Å². The van der Waals surface area contributed by atoms with Crippen LogP contribution in [0.5, 0.6) is 0 Å². The number of sulfonamides is 1. The molecule has 1 N–H and O–H groups in total. The molecule has 3 rings (SSSR count). The molecular formula is C23H23FN2O3S. The standard InChI is InChI=1S/C23H23FN2O3S/c1-16-4-9-20(10-5-16)26(30(28,29)21-11-7-19(24)8-12-21)15-23(27)25-22-13-6-17(2)14-18(22)3/h4-14H,15H2,1-3H3,(H,25,27). The van der Waals surface area contributed by atoms with Crippen molar-refractivity contribution in [2.24, 2.45) is 0 Å². The number of hydrogen-bond donors (Lipinski definition) is 1. The fraction of sp³-hybridized carbons (Fsp3) is 0.174. The van der Waals surface area contributed by atoms with E-state index in [0.29, 0.717) is 11.4 Å². The van der Waals surface area contributed by atoms with Crippen LogP contribution < -0.4 is 9.62 Å². The minimum absolute atomic E-state index is 0.0937. The normalized spacial score (nSPS) is 11.2. The highest BCUT2D eigenvalue weighted by Gasteiger charge is 2.27. The van der Waals surface area contributed by atoms with E-state index in [1.54, 1.807) is 30.3 Å². The number of anilines is 2. The largest absolute Gasteiger partial charge is 0.324 e. The molecule has 0 aliphatic carbocycles. The molecule has 0 unspecified atom stereocenters. The summed E-state index contributed by atoms with van der Waals surface area (Å²) in [6, 6.07) is 16.9. The molecule has 0 aliphatic rings. The van der Waals surface area contributed by atoms with Gasteiger partial charge in [-0.1, -0.05) is 35.4 Å². The van der Waals surface area contributed by atoms with E-state index in [-0.39, 0.29) is 4.90 Å². The van der Waals surface area contributed by atoms with Gasteiger partial charge in [-0.2, -0.15) is 0 Å². The molecular weight excluding hydrogens is 403 g/mol. The number of amides is 1. The maximum atomic E-state index is 13.3. The third kappa shape index (κ3) is 4.86. The van der Waals surface area contributed by atoms with E-state index < -0.39 is 28.3 Å². The Bertz CT molecular complexity index is 1160. The molecule has 3 aromatic carbocycles. The van der Waals surface area contributed by atoms with Crippen molar-refractivity contribution in [2.75, 3.05) is 16.2 Å². The zero-order valence-electron chi connectivity index (χ0n) is 17.0.